The van der Waals surface area contributed by atoms with Crippen LogP contribution in [0, 0.1) is 4.77 Å². The number of amides is 1. The maximum Gasteiger partial charge on any atom is 0.243 e. The molecule has 3 heterocycles. The van der Waals surface area contributed by atoms with E-state index in [2.05, 4.69) is 24.0 Å². The summed E-state index contributed by atoms with van der Waals surface area (Å²) < 4.78 is 4.39. The lowest BCUT2D eigenvalue weighted by Gasteiger charge is -2.39. The van der Waals surface area contributed by atoms with Gasteiger partial charge in [0.2, 0.25) is 16.5 Å². The van der Waals surface area contributed by atoms with E-state index in [9.17, 15) is 4.79 Å². The minimum Gasteiger partial charge on any atom is -0.336 e. The van der Waals surface area contributed by atoms with Crippen molar-refractivity contribution in [2.24, 2.45) is 0 Å². The lowest BCUT2D eigenvalue weighted by Crippen LogP contribution is -2.48. The first-order valence-electron chi connectivity index (χ1n) is 8.43. The van der Waals surface area contributed by atoms with Crippen molar-refractivity contribution in [1.82, 2.24) is 24.1 Å². The number of aromatic amines is 1. The van der Waals surface area contributed by atoms with Crippen molar-refractivity contribution in [3.05, 3.63) is 29.0 Å². The molecule has 0 spiro atoms. The van der Waals surface area contributed by atoms with Gasteiger partial charge in [-0.2, -0.15) is 0 Å². The zero-order valence-electron chi connectivity index (χ0n) is 13.9. The normalized spacial score (nSPS) is 21.7. The van der Waals surface area contributed by atoms with Gasteiger partial charge in [-0.05, 0) is 57.5 Å². The van der Waals surface area contributed by atoms with Crippen LogP contribution in [0.3, 0.4) is 0 Å². The summed E-state index contributed by atoms with van der Waals surface area (Å²) in [4.78, 5) is 15.1. The zero-order valence-corrected chi connectivity index (χ0v) is 14.7. The summed E-state index contributed by atoms with van der Waals surface area (Å²) in [6.45, 7) is 4.56. The van der Waals surface area contributed by atoms with E-state index >= 15 is 0 Å². The van der Waals surface area contributed by atoms with E-state index in [-0.39, 0.29) is 12.5 Å². The summed E-state index contributed by atoms with van der Waals surface area (Å²) in [6, 6.07) is 8.54. The lowest BCUT2D eigenvalue weighted by atomic mass is 9.97. The minimum absolute atomic E-state index is 0.145. The molecule has 0 radical (unpaired) electrons. The molecule has 1 aliphatic rings. The number of rotatable bonds is 2. The summed E-state index contributed by atoms with van der Waals surface area (Å²) in [7, 11) is 0. The highest BCUT2D eigenvalue weighted by molar-refractivity contribution is 7.71. The van der Waals surface area contributed by atoms with Crippen LogP contribution < -0.4 is 0 Å². The van der Waals surface area contributed by atoms with E-state index in [1.807, 2.05) is 38.1 Å². The number of imidazole rings is 1. The van der Waals surface area contributed by atoms with E-state index in [1.54, 1.807) is 0 Å². The predicted molar refractivity (Wildman–Crippen MR) is 95.5 cm³/mol. The molecule has 1 fully saturated rings. The Hall–Kier alpha value is -2.15. The fourth-order valence-electron chi connectivity index (χ4n) is 3.96. The van der Waals surface area contributed by atoms with Gasteiger partial charge in [0.05, 0.1) is 11.0 Å². The molecule has 7 heteroatoms. The smallest absolute Gasteiger partial charge is 0.243 e. The number of nitrogens with one attached hydrogen (secondary N) is 1. The van der Waals surface area contributed by atoms with Crippen molar-refractivity contribution in [3.8, 4) is 0 Å². The summed E-state index contributed by atoms with van der Waals surface area (Å²) in [5, 5.41) is 7.16. The SMILES string of the molecule is CC1CCCC(C)N1C(=O)Cn1c2ccccc2n2c(=S)[nH]nc12. The number of carbonyl (C=O) groups excluding carboxylic acids is 1. The van der Waals surface area contributed by atoms with E-state index in [1.165, 1.54) is 6.42 Å². The number of likely N-dealkylation sites (tertiary alicyclic amines) is 1. The van der Waals surface area contributed by atoms with Gasteiger partial charge in [0.1, 0.15) is 6.54 Å². The number of fused-ring (bicyclic) bond motifs is 3. The van der Waals surface area contributed by atoms with Crippen LogP contribution in [0.4, 0.5) is 0 Å². The molecule has 2 unspecified atom stereocenters. The molecular formula is C17H21N5OS. The Morgan fingerprint density at radius 3 is 2.62 bits per heavy atom. The number of hydrogen-bond donors (Lipinski definition) is 1. The van der Waals surface area contributed by atoms with Crippen molar-refractivity contribution >= 4 is 34.9 Å². The van der Waals surface area contributed by atoms with Crippen LogP contribution in [0.25, 0.3) is 16.8 Å². The Morgan fingerprint density at radius 1 is 1.25 bits per heavy atom. The molecule has 6 nitrogen and oxygen atoms in total. The maximum atomic E-state index is 13.0. The molecule has 1 N–H and O–H groups in total. The van der Waals surface area contributed by atoms with Crippen molar-refractivity contribution in [1.29, 1.82) is 0 Å². The zero-order chi connectivity index (χ0) is 16.8. The molecule has 1 amide bonds. The Bertz CT molecular complexity index is 958. The highest BCUT2D eigenvalue weighted by Crippen LogP contribution is 2.25. The number of H-pyrrole nitrogens is 1. The van der Waals surface area contributed by atoms with Gasteiger partial charge in [0.25, 0.3) is 0 Å². The number of aromatic nitrogens is 4. The fourth-order valence-corrected chi connectivity index (χ4v) is 4.19. The molecule has 4 rings (SSSR count). The second-order valence-electron chi connectivity index (χ2n) is 6.67. The van der Waals surface area contributed by atoms with Crippen LogP contribution in [-0.4, -0.2) is 42.1 Å². The van der Waals surface area contributed by atoms with Crippen molar-refractivity contribution in [3.63, 3.8) is 0 Å². The van der Waals surface area contributed by atoms with E-state index < -0.39 is 0 Å². The molecule has 3 aromatic rings. The maximum absolute atomic E-state index is 13.0. The average Bonchev–Trinajstić information content (AvgIpc) is 3.07. The van der Waals surface area contributed by atoms with Crippen molar-refractivity contribution < 1.29 is 4.79 Å². The number of carbonyl (C=O) groups is 1. The van der Waals surface area contributed by atoms with Gasteiger partial charge in [-0.15, -0.1) is 5.10 Å². The second kappa shape index (κ2) is 5.73. The summed E-state index contributed by atoms with van der Waals surface area (Å²) in [5.41, 5.74) is 1.95. The minimum atomic E-state index is 0.145. The van der Waals surface area contributed by atoms with Crippen LogP contribution >= 0.6 is 12.2 Å². The third-order valence-corrected chi connectivity index (χ3v) is 5.36. The third-order valence-electron chi connectivity index (χ3n) is 5.08. The first kappa shape index (κ1) is 15.4. The summed E-state index contributed by atoms with van der Waals surface area (Å²) in [6.07, 6.45) is 3.34. The van der Waals surface area contributed by atoms with Crippen LogP contribution in [0.2, 0.25) is 0 Å². The Kier molecular flexibility index (Phi) is 3.68. The Morgan fingerprint density at radius 2 is 1.92 bits per heavy atom. The number of para-hydroxylation sites is 2. The molecule has 0 saturated carbocycles. The summed E-state index contributed by atoms with van der Waals surface area (Å²) >= 11 is 5.34. The topological polar surface area (TPSA) is 58.3 Å². The van der Waals surface area contributed by atoms with Crippen LogP contribution in [0.5, 0.6) is 0 Å². The van der Waals surface area contributed by atoms with Crippen LogP contribution in [0.1, 0.15) is 33.1 Å². The van der Waals surface area contributed by atoms with Gasteiger partial charge >= 0.3 is 0 Å². The van der Waals surface area contributed by atoms with E-state index in [0.717, 1.165) is 23.9 Å². The first-order chi connectivity index (χ1) is 11.6. The molecule has 0 bridgehead atoms. The molecule has 1 aliphatic heterocycles. The molecule has 2 atom stereocenters. The van der Waals surface area contributed by atoms with Gasteiger partial charge in [-0.25, -0.2) is 5.10 Å². The molecule has 1 saturated heterocycles. The van der Waals surface area contributed by atoms with E-state index in [4.69, 9.17) is 12.2 Å². The first-order valence-corrected chi connectivity index (χ1v) is 8.84. The molecular weight excluding hydrogens is 322 g/mol. The highest BCUT2D eigenvalue weighted by atomic mass is 32.1. The Labute approximate surface area is 145 Å². The molecule has 24 heavy (non-hydrogen) atoms. The number of hydrogen-bond acceptors (Lipinski definition) is 3. The van der Waals surface area contributed by atoms with Gasteiger partial charge in [-0.3, -0.25) is 13.8 Å². The molecule has 1 aromatic carbocycles. The monoisotopic (exact) mass is 343 g/mol. The predicted octanol–water partition coefficient (Wildman–Crippen LogP) is 3.14. The van der Waals surface area contributed by atoms with Gasteiger partial charge < -0.3 is 4.90 Å². The van der Waals surface area contributed by atoms with Crippen LogP contribution in [0.15, 0.2) is 24.3 Å². The largest absolute Gasteiger partial charge is 0.336 e. The van der Waals surface area contributed by atoms with Crippen LogP contribution in [-0.2, 0) is 11.3 Å². The summed E-state index contributed by atoms with van der Waals surface area (Å²) in [5.74, 6) is 0.832. The van der Waals surface area contributed by atoms with Gasteiger partial charge in [0, 0.05) is 12.1 Å². The van der Waals surface area contributed by atoms with Crippen molar-refractivity contribution in [2.45, 2.75) is 51.7 Å². The molecule has 0 aliphatic carbocycles. The fraction of sp³-hybridized carbons (Fsp3) is 0.471. The number of piperidine rings is 1. The van der Waals surface area contributed by atoms with Gasteiger partial charge in [-0.1, -0.05) is 12.1 Å². The Balaban J connectivity index is 1.78. The highest BCUT2D eigenvalue weighted by Gasteiger charge is 2.29. The van der Waals surface area contributed by atoms with E-state index in [0.29, 0.717) is 22.6 Å². The molecule has 2 aromatic heterocycles. The third kappa shape index (κ3) is 2.26. The second-order valence-corrected chi connectivity index (χ2v) is 7.06. The standard InChI is InChI=1S/C17H21N5OS/c1-11-6-5-7-12(2)21(11)15(23)10-20-13-8-3-4-9-14(13)22-16(20)18-19-17(22)24/h3-4,8-9,11-12H,5-7,10H2,1-2H3,(H,19,24). The van der Waals surface area contributed by atoms with Gasteiger partial charge in [0.15, 0.2) is 0 Å². The molecule has 126 valence electrons. The number of nitrogens with zero attached hydrogens (tertiary/aromatic N) is 4. The quantitative estimate of drug-likeness (QED) is 0.727. The van der Waals surface area contributed by atoms with Crippen molar-refractivity contribution in [2.75, 3.05) is 0 Å². The average molecular weight is 343 g/mol. The number of benzene rings is 1. The lowest BCUT2D eigenvalue weighted by molar-refractivity contribution is -0.137.